The number of hydrogen-bond acceptors (Lipinski definition) is 4. The fourth-order valence-electron chi connectivity index (χ4n) is 1.67. The summed E-state index contributed by atoms with van der Waals surface area (Å²) in [5.74, 6) is 0. The summed E-state index contributed by atoms with van der Waals surface area (Å²) in [5.41, 5.74) is 7.50. The Bertz CT molecular complexity index is 448. The number of nitrogens with two attached hydrogens (primary N) is 1. The van der Waals surface area contributed by atoms with Crippen molar-refractivity contribution in [2.45, 2.75) is 25.8 Å². The van der Waals surface area contributed by atoms with Crippen LogP contribution in [0.1, 0.15) is 36.9 Å². The second-order valence-corrected chi connectivity index (χ2v) is 4.97. The highest BCUT2D eigenvalue weighted by Gasteiger charge is 2.13. The molecule has 1 unspecified atom stereocenters. The number of halogens is 2. The molecule has 0 amide bonds. The quantitative estimate of drug-likeness (QED) is 0.545. The zero-order chi connectivity index (χ0) is 13.5. The van der Waals surface area contributed by atoms with Gasteiger partial charge in [0.25, 0.3) is 0 Å². The topological polar surface area (TPSA) is 82.1 Å². The monoisotopic (exact) mass is 347 g/mol. The number of aliphatic hydroxyl groups excluding tert-OH is 1. The molecule has 106 valence electrons. The zero-order valence-corrected chi connectivity index (χ0v) is 13.2. The van der Waals surface area contributed by atoms with Gasteiger partial charge in [-0.1, -0.05) is 13.3 Å². The van der Waals surface area contributed by atoms with Crippen molar-refractivity contribution in [2.75, 3.05) is 18.9 Å². The van der Waals surface area contributed by atoms with E-state index in [-0.39, 0.29) is 25.1 Å². The summed E-state index contributed by atoms with van der Waals surface area (Å²) < 4.78 is 0.687. The van der Waals surface area contributed by atoms with E-state index >= 15 is 0 Å². The number of aliphatic hydroxyl groups is 1. The van der Waals surface area contributed by atoms with Gasteiger partial charge >= 0.3 is 0 Å². The van der Waals surface area contributed by atoms with Crippen LogP contribution in [0.5, 0.6) is 0 Å². The van der Waals surface area contributed by atoms with Crippen LogP contribution in [-0.2, 0) is 0 Å². The van der Waals surface area contributed by atoms with Gasteiger partial charge in [-0.05, 0) is 46.6 Å². The Morgan fingerprint density at radius 1 is 1.53 bits per heavy atom. The van der Waals surface area contributed by atoms with E-state index in [1.807, 2.05) is 6.07 Å². The van der Waals surface area contributed by atoms with Crippen molar-refractivity contribution in [2.24, 2.45) is 0 Å². The molecule has 6 heteroatoms. The van der Waals surface area contributed by atoms with E-state index in [1.165, 1.54) is 0 Å². The summed E-state index contributed by atoms with van der Waals surface area (Å²) in [6, 6.07) is 5.46. The van der Waals surface area contributed by atoms with Crippen LogP contribution < -0.4 is 11.1 Å². The molecule has 0 fully saturated rings. The number of nitrogens with zero attached hydrogens (tertiary/aromatic N) is 1. The average Bonchev–Trinajstić information content (AvgIpc) is 2.38. The Morgan fingerprint density at radius 2 is 2.21 bits per heavy atom. The van der Waals surface area contributed by atoms with E-state index in [2.05, 4.69) is 34.2 Å². The normalized spacial score (nSPS) is 11.5. The number of benzene rings is 1. The molecule has 1 aromatic carbocycles. The minimum atomic E-state index is -0.166. The number of hydrogen-bond donors (Lipinski definition) is 3. The lowest BCUT2D eigenvalue weighted by Crippen LogP contribution is -2.25. The van der Waals surface area contributed by atoms with Gasteiger partial charge in [0.1, 0.15) is 6.07 Å². The van der Waals surface area contributed by atoms with Crippen molar-refractivity contribution in [3.63, 3.8) is 0 Å². The molecule has 0 radical (unpaired) electrons. The van der Waals surface area contributed by atoms with Crippen molar-refractivity contribution in [3.8, 4) is 6.07 Å². The first-order chi connectivity index (χ1) is 8.63. The summed E-state index contributed by atoms with van der Waals surface area (Å²) >= 11 is 3.33. The van der Waals surface area contributed by atoms with Gasteiger partial charge < -0.3 is 16.2 Å². The van der Waals surface area contributed by atoms with Gasteiger partial charge in [0.15, 0.2) is 0 Å². The highest BCUT2D eigenvalue weighted by molar-refractivity contribution is 9.10. The maximum Gasteiger partial charge on any atom is 0.101 e. The van der Waals surface area contributed by atoms with Crippen LogP contribution in [-0.4, -0.2) is 18.3 Å². The second kappa shape index (κ2) is 9.16. The van der Waals surface area contributed by atoms with Crippen LogP contribution in [0.3, 0.4) is 0 Å². The number of nitrogens with one attached hydrogen (secondary N) is 1. The molecule has 0 bridgehead atoms. The lowest BCUT2D eigenvalue weighted by Gasteiger charge is -2.18. The first-order valence-electron chi connectivity index (χ1n) is 5.97. The molecular weight excluding hydrogens is 330 g/mol. The van der Waals surface area contributed by atoms with Crippen LogP contribution in [0.2, 0.25) is 0 Å². The summed E-state index contributed by atoms with van der Waals surface area (Å²) in [6.07, 6.45) is 2.15. The predicted octanol–water partition coefficient (Wildman–Crippen LogP) is 2.75. The molecule has 0 spiro atoms. The number of unbranched alkanes of at least 4 members (excludes halogenated alkanes) is 1. The summed E-state index contributed by atoms with van der Waals surface area (Å²) in [6.45, 7) is 2.94. The van der Waals surface area contributed by atoms with Crippen molar-refractivity contribution in [3.05, 3.63) is 27.7 Å². The lowest BCUT2D eigenvalue weighted by atomic mass is 10.0. The van der Waals surface area contributed by atoms with Gasteiger partial charge in [-0.15, -0.1) is 12.4 Å². The predicted molar refractivity (Wildman–Crippen MR) is 83.3 cm³/mol. The summed E-state index contributed by atoms with van der Waals surface area (Å²) in [7, 11) is 0. The fourth-order valence-corrected chi connectivity index (χ4v) is 2.15. The van der Waals surface area contributed by atoms with E-state index in [4.69, 9.17) is 11.0 Å². The van der Waals surface area contributed by atoms with Crippen LogP contribution in [0.4, 0.5) is 5.69 Å². The maximum atomic E-state index is 9.41. The molecule has 19 heavy (non-hydrogen) atoms. The van der Waals surface area contributed by atoms with Crippen molar-refractivity contribution >= 4 is 34.0 Å². The minimum Gasteiger partial charge on any atom is -0.397 e. The molecule has 4 nitrogen and oxygen atoms in total. The second-order valence-electron chi connectivity index (χ2n) is 4.12. The van der Waals surface area contributed by atoms with E-state index < -0.39 is 0 Å². The third-order valence-electron chi connectivity index (χ3n) is 2.78. The molecular formula is C13H19BrClN3O. The Labute approximate surface area is 128 Å². The van der Waals surface area contributed by atoms with Crippen molar-refractivity contribution < 1.29 is 5.11 Å². The molecule has 1 aromatic rings. The average molecular weight is 349 g/mol. The first-order valence-corrected chi connectivity index (χ1v) is 6.76. The fraction of sp³-hybridized carbons (Fsp3) is 0.462. The van der Waals surface area contributed by atoms with Crippen LogP contribution in [0.15, 0.2) is 16.6 Å². The Hall–Kier alpha value is -0.800. The van der Waals surface area contributed by atoms with E-state index in [9.17, 15) is 5.11 Å². The molecule has 0 saturated heterocycles. The van der Waals surface area contributed by atoms with Crippen LogP contribution in [0.25, 0.3) is 0 Å². The third kappa shape index (κ3) is 5.00. The number of nitriles is 1. The van der Waals surface area contributed by atoms with E-state index in [1.54, 1.807) is 6.07 Å². The maximum absolute atomic E-state index is 9.41. The lowest BCUT2D eigenvalue weighted by molar-refractivity contribution is 0.244. The van der Waals surface area contributed by atoms with Gasteiger partial charge in [0.05, 0.1) is 23.9 Å². The Morgan fingerprint density at radius 3 is 2.74 bits per heavy atom. The molecule has 4 N–H and O–H groups in total. The molecule has 0 aliphatic heterocycles. The molecule has 0 saturated carbocycles. The molecule has 0 aliphatic carbocycles. The smallest absolute Gasteiger partial charge is 0.101 e. The van der Waals surface area contributed by atoms with E-state index in [0.29, 0.717) is 15.7 Å². The first kappa shape index (κ1) is 18.2. The van der Waals surface area contributed by atoms with E-state index in [0.717, 1.165) is 24.9 Å². The number of rotatable bonds is 6. The highest BCUT2D eigenvalue weighted by Crippen LogP contribution is 2.27. The Balaban J connectivity index is 0.00000324. The Kier molecular flexibility index (Phi) is 8.77. The molecule has 1 atom stereocenters. The standard InChI is InChI=1S/C13H18BrN3O.ClH/c1-2-3-4-17-12(8-18)9-5-10(7-15)13(16)11(14)6-9;/h5-6,12,17-18H,2-4,8,16H2,1H3;1H. The summed E-state index contributed by atoms with van der Waals surface area (Å²) in [5, 5.41) is 21.7. The van der Waals surface area contributed by atoms with Gasteiger partial charge in [-0.2, -0.15) is 5.26 Å². The number of anilines is 1. The SMILES string of the molecule is CCCCNC(CO)c1cc(Br)c(N)c(C#N)c1.Cl. The van der Waals surface area contributed by atoms with Crippen molar-refractivity contribution in [1.29, 1.82) is 5.26 Å². The third-order valence-corrected chi connectivity index (χ3v) is 3.43. The summed E-state index contributed by atoms with van der Waals surface area (Å²) in [4.78, 5) is 0. The van der Waals surface area contributed by atoms with Gasteiger partial charge in [0, 0.05) is 4.47 Å². The molecule has 0 aromatic heterocycles. The minimum absolute atomic E-state index is 0. The number of nitrogen functional groups attached to an aromatic ring is 1. The molecule has 1 rings (SSSR count). The van der Waals surface area contributed by atoms with Crippen LogP contribution >= 0.6 is 28.3 Å². The van der Waals surface area contributed by atoms with Gasteiger partial charge in [-0.25, -0.2) is 0 Å². The van der Waals surface area contributed by atoms with Crippen molar-refractivity contribution in [1.82, 2.24) is 5.32 Å². The van der Waals surface area contributed by atoms with Gasteiger partial charge in [0.2, 0.25) is 0 Å². The van der Waals surface area contributed by atoms with Crippen LogP contribution in [0, 0.1) is 11.3 Å². The molecule has 0 heterocycles. The van der Waals surface area contributed by atoms with Gasteiger partial charge in [-0.3, -0.25) is 0 Å². The molecule has 0 aliphatic rings. The zero-order valence-electron chi connectivity index (χ0n) is 10.8. The highest BCUT2D eigenvalue weighted by atomic mass is 79.9. The largest absolute Gasteiger partial charge is 0.397 e.